The first kappa shape index (κ1) is 20.6. The summed E-state index contributed by atoms with van der Waals surface area (Å²) in [7, 11) is 3.82. The topological polar surface area (TPSA) is 70.6 Å². The lowest BCUT2D eigenvalue weighted by atomic mass is 9.95. The van der Waals surface area contributed by atoms with Crippen LogP contribution in [-0.4, -0.2) is 59.5 Å². The average molecular weight is 410 g/mol. The summed E-state index contributed by atoms with van der Waals surface area (Å²) < 4.78 is 5.25. The second kappa shape index (κ2) is 9.00. The number of piperidine rings is 1. The lowest BCUT2D eigenvalue weighted by molar-refractivity contribution is -0.129. The van der Waals surface area contributed by atoms with Gasteiger partial charge in [-0.2, -0.15) is 0 Å². The summed E-state index contributed by atoms with van der Waals surface area (Å²) in [5.41, 5.74) is 3.56. The van der Waals surface area contributed by atoms with E-state index in [1.165, 1.54) is 16.8 Å². The molecule has 7 heteroatoms. The second-order valence-electron chi connectivity index (χ2n) is 8.33. The van der Waals surface area contributed by atoms with Gasteiger partial charge in [0.1, 0.15) is 17.4 Å². The van der Waals surface area contributed by atoms with Gasteiger partial charge in [-0.05, 0) is 37.6 Å². The third-order valence-corrected chi connectivity index (χ3v) is 6.19. The molecule has 0 aliphatic carbocycles. The quantitative estimate of drug-likeness (QED) is 0.819. The Morgan fingerprint density at radius 1 is 1.17 bits per heavy atom. The normalized spacial score (nSPS) is 17.5. The molecule has 0 bridgehead atoms. The van der Waals surface area contributed by atoms with Crippen molar-refractivity contribution in [2.24, 2.45) is 0 Å². The number of methoxy groups -OCH3 is 1. The van der Waals surface area contributed by atoms with Gasteiger partial charge in [0.05, 0.1) is 12.8 Å². The van der Waals surface area contributed by atoms with E-state index in [0.29, 0.717) is 12.5 Å². The zero-order valence-corrected chi connectivity index (χ0v) is 18.1. The van der Waals surface area contributed by atoms with Crippen LogP contribution in [0.4, 0.5) is 5.82 Å². The van der Waals surface area contributed by atoms with Crippen LogP contribution >= 0.6 is 0 Å². The number of nitrogens with zero attached hydrogens (tertiary/aromatic N) is 4. The molecule has 1 amide bonds. The smallest absolute Gasteiger partial charge is 0.219 e. The van der Waals surface area contributed by atoms with Crippen molar-refractivity contribution >= 4 is 11.7 Å². The Balaban J connectivity index is 1.55. The minimum Gasteiger partial charge on any atom is -0.497 e. The number of hydrogen-bond donors (Lipinski definition) is 1. The molecule has 0 atom stereocenters. The van der Waals surface area contributed by atoms with Crippen LogP contribution in [-0.2, 0) is 24.3 Å². The maximum Gasteiger partial charge on any atom is 0.219 e. The Kier molecular flexibility index (Phi) is 6.18. The van der Waals surface area contributed by atoms with Crippen molar-refractivity contribution in [2.75, 3.05) is 39.1 Å². The minimum absolute atomic E-state index is 0.157. The number of likely N-dealkylation sites (N-methyl/N-ethyl adjacent to an activating group) is 1. The van der Waals surface area contributed by atoms with Gasteiger partial charge in [-0.15, -0.1) is 0 Å². The molecular formula is C23H31N5O2. The van der Waals surface area contributed by atoms with Crippen molar-refractivity contribution in [3.05, 3.63) is 46.9 Å². The number of aromatic nitrogens is 2. The Morgan fingerprint density at radius 2 is 1.90 bits per heavy atom. The van der Waals surface area contributed by atoms with Crippen LogP contribution in [0.2, 0.25) is 0 Å². The second-order valence-corrected chi connectivity index (χ2v) is 8.33. The molecule has 7 nitrogen and oxygen atoms in total. The van der Waals surface area contributed by atoms with E-state index in [2.05, 4.69) is 29.4 Å². The Labute approximate surface area is 178 Å². The molecule has 1 fully saturated rings. The fraction of sp³-hybridized carbons (Fsp3) is 0.522. The van der Waals surface area contributed by atoms with Gasteiger partial charge in [0.15, 0.2) is 0 Å². The maximum absolute atomic E-state index is 11.7. The zero-order valence-electron chi connectivity index (χ0n) is 18.1. The van der Waals surface area contributed by atoms with Gasteiger partial charge in [0.2, 0.25) is 5.91 Å². The molecule has 1 aromatic heterocycles. The van der Waals surface area contributed by atoms with E-state index < -0.39 is 0 Å². The first-order chi connectivity index (χ1) is 14.5. The van der Waals surface area contributed by atoms with Crippen LogP contribution in [0.5, 0.6) is 5.75 Å². The number of amides is 1. The molecule has 2 aliphatic rings. The molecular weight excluding hydrogens is 378 g/mol. The molecule has 3 heterocycles. The molecule has 4 rings (SSSR count). The Hall–Kier alpha value is -2.67. The molecule has 0 radical (unpaired) electrons. The van der Waals surface area contributed by atoms with Crippen molar-refractivity contribution in [1.29, 1.82) is 0 Å². The zero-order chi connectivity index (χ0) is 21.1. The SMILES string of the molecule is COc1ccc(CNc2nc(C3CCN(C(C)=O)CC3)nc3c2CN(C)CC3)cc1. The molecule has 1 saturated heterocycles. The monoisotopic (exact) mass is 409 g/mol. The van der Waals surface area contributed by atoms with Crippen LogP contribution < -0.4 is 10.1 Å². The summed E-state index contributed by atoms with van der Waals surface area (Å²) in [6.45, 7) is 5.82. The van der Waals surface area contributed by atoms with Crippen LogP contribution in [0.15, 0.2) is 24.3 Å². The van der Waals surface area contributed by atoms with E-state index in [-0.39, 0.29) is 5.91 Å². The maximum atomic E-state index is 11.7. The van der Waals surface area contributed by atoms with Crippen molar-refractivity contribution in [3.63, 3.8) is 0 Å². The van der Waals surface area contributed by atoms with Gasteiger partial charge >= 0.3 is 0 Å². The van der Waals surface area contributed by atoms with Gasteiger partial charge in [-0.25, -0.2) is 9.97 Å². The predicted octanol–water partition coefficient (Wildman–Crippen LogP) is 2.81. The van der Waals surface area contributed by atoms with E-state index in [4.69, 9.17) is 14.7 Å². The highest BCUT2D eigenvalue weighted by Gasteiger charge is 2.27. The number of carbonyl (C=O) groups excluding carboxylic acids is 1. The van der Waals surface area contributed by atoms with E-state index in [1.807, 2.05) is 17.0 Å². The van der Waals surface area contributed by atoms with E-state index >= 15 is 0 Å². The standard InChI is InChI=1S/C23H31N5O2/c1-16(29)28-12-8-18(9-13-28)22-25-21-10-11-27(2)15-20(21)23(26-22)24-14-17-4-6-19(30-3)7-5-17/h4-7,18H,8-15H2,1-3H3,(H,24,25,26). The highest BCUT2D eigenvalue weighted by molar-refractivity contribution is 5.73. The molecule has 0 saturated carbocycles. The number of benzene rings is 1. The molecule has 1 aromatic carbocycles. The molecule has 160 valence electrons. The van der Waals surface area contributed by atoms with Crippen molar-refractivity contribution in [3.8, 4) is 5.75 Å². The van der Waals surface area contributed by atoms with E-state index in [9.17, 15) is 4.79 Å². The van der Waals surface area contributed by atoms with Crippen molar-refractivity contribution < 1.29 is 9.53 Å². The highest BCUT2D eigenvalue weighted by atomic mass is 16.5. The number of likely N-dealkylation sites (tertiary alicyclic amines) is 1. The molecule has 0 spiro atoms. The molecule has 2 aliphatic heterocycles. The summed E-state index contributed by atoms with van der Waals surface area (Å²) in [5.74, 6) is 3.21. The number of nitrogens with one attached hydrogen (secondary N) is 1. The van der Waals surface area contributed by atoms with Crippen LogP contribution in [0.3, 0.4) is 0 Å². The molecule has 2 aromatic rings. The Morgan fingerprint density at radius 3 is 2.57 bits per heavy atom. The third-order valence-electron chi connectivity index (χ3n) is 6.19. The summed E-state index contributed by atoms with van der Waals surface area (Å²) in [6.07, 6.45) is 2.80. The average Bonchev–Trinajstić information content (AvgIpc) is 2.77. The lowest BCUT2D eigenvalue weighted by Gasteiger charge is -2.32. The number of rotatable bonds is 5. The van der Waals surface area contributed by atoms with Crippen LogP contribution in [0.25, 0.3) is 0 Å². The van der Waals surface area contributed by atoms with E-state index in [1.54, 1.807) is 14.0 Å². The number of fused-ring (bicyclic) bond motifs is 1. The summed E-state index contributed by atoms with van der Waals surface area (Å²) in [6, 6.07) is 8.11. The highest BCUT2D eigenvalue weighted by Crippen LogP contribution is 2.30. The van der Waals surface area contributed by atoms with Crippen LogP contribution in [0.1, 0.15) is 48.3 Å². The first-order valence-corrected chi connectivity index (χ1v) is 10.7. The fourth-order valence-corrected chi connectivity index (χ4v) is 4.28. The summed E-state index contributed by atoms with van der Waals surface area (Å²) in [5, 5.41) is 3.57. The largest absolute Gasteiger partial charge is 0.497 e. The number of carbonyl (C=O) groups is 1. The van der Waals surface area contributed by atoms with Gasteiger partial charge in [-0.3, -0.25) is 4.79 Å². The fourth-order valence-electron chi connectivity index (χ4n) is 4.28. The lowest BCUT2D eigenvalue weighted by Crippen LogP contribution is -2.37. The van der Waals surface area contributed by atoms with Crippen molar-refractivity contribution in [1.82, 2.24) is 19.8 Å². The first-order valence-electron chi connectivity index (χ1n) is 10.7. The van der Waals surface area contributed by atoms with Gasteiger partial charge < -0.3 is 19.9 Å². The number of anilines is 1. The number of ether oxygens (including phenoxy) is 1. The minimum atomic E-state index is 0.157. The Bertz CT molecular complexity index is 891. The molecule has 1 N–H and O–H groups in total. The van der Waals surface area contributed by atoms with Crippen molar-refractivity contribution in [2.45, 2.75) is 45.2 Å². The predicted molar refractivity (Wildman–Crippen MR) is 117 cm³/mol. The molecule has 0 unspecified atom stereocenters. The van der Waals surface area contributed by atoms with E-state index in [0.717, 1.165) is 62.8 Å². The third kappa shape index (κ3) is 4.56. The van der Waals surface area contributed by atoms with Gasteiger partial charge in [-0.1, -0.05) is 12.1 Å². The van der Waals surface area contributed by atoms with Crippen LogP contribution in [0, 0.1) is 0 Å². The van der Waals surface area contributed by atoms with Gasteiger partial charge in [0.25, 0.3) is 0 Å². The summed E-state index contributed by atoms with van der Waals surface area (Å²) >= 11 is 0. The molecule has 30 heavy (non-hydrogen) atoms. The summed E-state index contributed by atoms with van der Waals surface area (Å²) in [4.78, 5) is 25.9. The number of hydrogen-bond acceptors (Lipinski definition) is 6. The van der Waals surface area contributed by atoms with Gasteiger partial charge in [0, 0.05) is 57.5 Å².